The van der Waals surface area contributed by atoms with E-state index in [0.717, 1.165) is 16.8 Å². The molecule has 0 fully saturated rings. The maximum absolute atomic E-state index is 12.1. The number of para-hydroxylation sites is 1. The maximum atomic E-state index is 12.1. The van der Waals surface area contributed by atoms with Crippen LogP contribution in [0.2, 0.25) is 0 Å². The van der Waals surface area contributed by atoms with Gasteiger partial charge in [0.05, 0.1) is 0 Å². The minimum absolute atomic E-state index is 0.00693. The molecule has 0 saturated carbocycles. The summed E-state index contributed by atoms with van der Waals surface area (Å²) in [5, 5.41) is 2.96. The molecular formula is C19H21NO. The van der Waals surface area contributed by atoms with E-state index in [1.54, 1.807) is 6.08 Å². The Hall–Kier alpha value is -2.35. The van der Waals surface area contributed by atoms with E-state index in [1.807, 2.05) is 54.6 Å². The molecule has 0 bridgehead atoms. The highest BCUT2D eigenvalue weighted by Crippen LogP contribution is 2.29. The number of hydrogen-bond acceptors (Lipinski definition) is 1. The second-order valence-corrected chi connectivity index (χ2v) is 6.03. The molecule has 0 aliphatic carbocycles. The van der Waals surface area contributed by atoms with Gasteiger partial charge in [0.2, 0.25) is 5.91 Å². The Bertz CT molecular complexity index is 636. The molecule has 2 rings (SSSR count). The predicted octanol–water partition coefficient (Wildman–Crippen LogP) is 4.64. The van der Waals surface area contributed by atoms with Crippen molar-refractivity contribution >= 4 is 17.7 Å². The summed E-state index contributed by atoms with van der Waals surface area (Å²) >= 11 is 0. The van der Waals surface area contributed by atoms with E-state index in [2.05, 4.69) is 32.2 Å². The third-order valence-electron chi connectivity index (χ3n) is 3.22. The fourth-order valence-electron chi connectivity index (χ4n) is 2.16. The van der Waals surface area contributed by atoms with Crippen molar-refractivity contribution in [2.75, 3.05) is 5.32 Å². The Balaban J connectivity index is 2.12. The van der Waals surface area contributed by atoms with Crippen LogP contribution in [0.15, 0.2) is 60.7 Å². The number of carbonyl (C=O) groups is 1. The zero-order valence-corrected chi connectivity index (χ0v) is 12.8. The van der Waals surface area contributed by atoms with Crippen molar-refractivity contribution in [3.05, 3.63) is 71.8 Å². The van der Waals surface area contributed by atoms with E-state index in [-0.39, 0.29) is 11.3 Å². The van der Waals surface area contributed by atoms with Crippen molar-refractivity contribution in [1.82, 2.24) is 0 Å². The first-order chi connectivity index (χ1) is 9.97. The maximum Gasteiger partial charge on any atom is 0.248 e. The molecule has 0 aliphatic heterocycles. The average molecular weight is 279 g/mol. The van der Waals surface area contributed by atoms with E-state index >= 15 is 0 Å². The smallest absolute Gasteiger partial charge is 0.248 e. The lowest BCUT2D eigenvalue weighted by molar-refractivity contribution is -0.111. The van der Waals surface area contributed by atoms with Crippen molar-refractivity contribution in [2.45, 2.75) is 26.2 Å². The molecule has 0 heterocycles. The van der Waals surface area contributed by atoms with Crippen LogP contribution < -0.4 is 5.32 Å². The second kappa shape index (κ2) is 6.40. The monoisotopic (exact) mass is 279 g/mol. The Kier molecular flexibility index (Phi) is 4.59. The molecule has 0 aromatic heterocycles. The molecule has 1 N–H and O–H groups in total. The highest BCUT2D eigenvalue weighted by molar-refractivity contribution is 6.02. The van der Waals surface area contributed by atoms with Gasteiger partial charge in [-0.25, -0.2) is 0 Å². The third-order valence-corrected chi connectivity index (χ3v) is 3.22. The summed E-state index contributed by atoms with van der Waals surface area (Å²) in [4.78, 5) is 12.1. The number of hydrogen-bond donors (Lipinski definition) is 1. The first-order valence-corrected chi connectivity index (χ1v) is 7.10. The van der Waals surface area contributed by atoms with Crippen LogP contribution >= 0.6 is 0 Å². The minimum Gasteiger partial charge on any atom is -0.322 e. The van der Waals surface area contributed by atoms with Crippen molar-refractivity contribution in [3.63, 3.8) is 0 Å². The highest BCUT2D eigenvalue weighted by Gasteiger charge is 2.17. The van der Waals surface area contributed by atoms with E-state index in [4.69, 9.17) is 0 Å². The van der Waals surface area contributed by atoms with Crippen molar-refractivity contribution in [2.24, 2.45) is 0 Å². The zero-order valence-electron chi connectivity index (χ0n) is 12.8. The molecular weight excluding hydrogens is 258 g/mol. The summed E-state index contributed by atoms with van der Waals surface area (Å²) in [6, 6.07) is 17.7. The number of carbonyl (C=O) groups excluding carboxylic acids is 1. The van der Waals surface area contributed by atoms with Crippen LogP contribution in [-0.4, -0.2) is 5.91 Å². The first kappa shape index (κ1) is 15.0. The van der Waals surface area contributed by atoms with Gasteiger partial charge < -0.3 is 5.32 Å². The molecule has 21 heavy (non-hydrogen) atoms. The normalized spacial score (nSPS) is 11.6. The molecule has 108 valence electrons. The molecule has 0 spiro atoms. The number of nitrogens with one attached hydrogen (secondary N) is 1. The summed E-state index contributed by atoms with van der Waals surface area (Å²) < 4.78 is 0. The number of anilines is 1. The molecule has 2 heteroatoms. The summed E-state index contributed by atoms with van der Waals surface area (Å²) in [6.45, 7) is 6.41. The molecule has 0 aliphatic rings. The van der Waals surface area contributed by atoms with Gasteiger partial charge >= 0.3 is 0 Å². The van der Waals surface area contributed by atoms with Crippen molar-refractivity contribution in [3.8, 4) is 0 Å². The number of rotatable bonds is 3. The average Bonchev–Trinajstić information content (AvgIpc) is 2.46. The fraction of sp³-hybridized carbons (Fsp3) is 0.211. The van der Waals surface area contributed by atoms with E-state index in [9.17, 15) is 4.79 Å². The van der Waals surface area contributed by atoms with Crippen molar-refractivity contribution in [1.29, 1.82) is 0 Å². The summed E-state index contributed by atoms with van der Waals surface area (Å²) in [7, 11) is 0. The van der Waals surface area contributed by atoms with Gasteiger partial charge in [0.25, 0.3) is 0 Å². The Morgan fingerprint density at radius 3 is 2.24 bits per heavy atom. The van der Waals surface area contributed by atoms with Crippen LogP contribution in [0.5, 0.6) is 0 Å². The standard InChI is InChI=1S/C19H21NO/c1-19(2,3)16-11-7-8-12-17(16)20-18(21)14-13-15-9-5-4-6-10-15/h4-14H,1-3H3,(H,20,21)/b14-13+. The lowest BCUT2D eigenvalue weighted by Crippen LogP contribution is -2.17. The van der Waals surface area contributed by atoms with Crippen LogP contribution in [0.4, 0.5) is 5.69 Å². The lowest BCUT2D eigenvalue weighted by atomic mass is 9.86. The van der Waals surface area contributed by atoms with Crippen molar-refractivity contribution < 1.29 is 4.79 Å². The van der Waals surface area contributed by atoms with Gasteiger partial charge in [-0.05, 0) is 28.7 Å². The molecule has 2 aromatic carbocycles. The molecule has 2 aromatic rings. The topological polar surface area (TPSA) is 29.1 Å². The van der Waals surface area contributed by atoms with Crippen LogP contribution in [0.3, 0.4) is 0 Å². The van der Waals surface area contributed by atoms with E-state index in [0.29, 0.717) is 0 Å². The van der Waals surface area contributed by atoms with Crippen LogP contribution in [0.1, 0.15) is 31.9 Å². The van der Waals surface area contributed by atoms with E-state index < -0.39 is 0 Å². The zero-order chi connectivity index (χ0) is 15.3. The van der Waals surface area contributed by atoms with Gasteiger partial charge in [-0.1, -0.05) is 69.3 Å². The van der Waals surface area contributed by atoms with Crippen LogP contribution in [-0.2, 0) is 10.2 Å². The Morgan fingerprint density at radius 1 is 0.952 bits per heavy atom. The fourth-order valence-corrected chi connectivity index (χ4v) is 2.16. The van der Waals surface area contributed by atoms with Crippen LogP contribution in [0.25, 0.3) is 6.08 Å². The summed E-state index contributed by atoms with van der Waals surface area (Å²) in [5.74, 6) is -0.115. The molecule has 0 unspecified atom stereocenters. The van der Waals surface area contributed by atoms with Gasteiger partial charge in [0.1, 0.15) is 0 Å². The first-order valence-electron chi connectivity index (χ1n) is 7.10. The van der Waals surface area contributed by atoms with E-state index in [1.165, 1.54) is 0 Å². The summed E-state index contributed by atoms with van der Waals surface area (Å²) in [5.41, 5.74) is 3.00. The SMILES string of the molecule is CC(C)(C)c1ccccc1NC(=O)/C=C/c1ccccc1. The molecule has 0 saturated heterocycles. The number of amides is 1. The molecule has 1 amide bonds. The van der Waals surface area contributed by atoms with Crippen LogP contribution in [0, 0.1) is 0 Å². The minimum atomic E-state index is -0.115. The van der Waals surface area contributed by atoms with Gasteiger partial charge in [-0.2, -0.15) is 0 Å². The largest absolute Gasteiger partial charge is 0.322 e. The van der Waals surface area contributed by atoms with Gasteiger partial charge in [0.15, 0.2) is 0 Å². The number of benzene rings is 2. The lowest BCUT2D eigenvalue weighted by Gasteiger charge is -2.22. The van der Waals surface area contributed by atoms with Gasteiger partial charge in [-0.15, -0.1) is 0 Å². The second-order valence-electron chi connectivity index (χ2n) is 6.03. The quantitative estimate of drug-likeness (QED) is 0.815. The molecule has 2 nitrogen and oxygen atoms in total. The Morgan fingerprint density at radius 2 is 1.57 bits per heavy atom. The molecule has 0 radical (unpaired) electrons. The van der Waals surface area contributed by atoms with Gasteiger partial charge in [-0.3, -0.25) is 4.79 Å². The summed E-state index contributed by atoms with van der Waals surface area (Å²) in [6.07, 6.45) is 3.38. The predicted molar refractivity (Wildman–Crippen MR) is 89.2 cm³/mol. The third kappa shape index (κ3) is 4.32. The van der Waals surface area contributed by atoms with Gasteiger partial charge in [0, 0.05) is 11.8 Å². The Labute approximate surface area is 126 Å². The highest BCUT2D eigenvalue weighted by atomic mass is 16.1. The molecule has 0 atom stereocenters.